The number of unbranched alkanes of at least 4 members (excludes halogenated alkanes) is 1. The average molecular weight is 304 g/mol. The van der Waals surface area contributed by atoms with Crippen LogP contribution in [-0.2, 0) is 23.7 Å². The van der Waals surface area contributed by atoms with E-state index in [1.165, 1.54) is 0 Å². The van der Waals surface area contributed by atoms with Crippen LogP contribution in [0.15, 0.2) is 0 Å². The monoisotopic (exact) mass is 304 g/mol. The normalized spacial score (nSPS) is 21.8. The summed E-state index contributed by atoms with van der Waals surface area (Å²) in [5.41, 5.74) is -0.756. The molecule has 0 aromatic rings. The quantitative estimate of drug-likeness (QED) is 0.522. The van der Waals surface area contributed by atoms with Gasteiger partial charge >= 0.3 is 5.97 Å². The van der Waals surface area contributed by atoms with Crippen LogP contribution in [0.25, 0.3) is 0 Å². The third-order valence-corrected chi connectivity index (χ3v) is 3.67. The molecule has 0 bridgehead atoms. The zero-order valence-corrected chi connectivity index (χ0v) is 13.0. The summed E-state index contributed by atoms with van der Waals surface area (Å²) in [7, 11) is 0. The average Bonchev–Trinajstić information content (AvgIpc) is 2.95. The molecule has 0 saturated carbocycles. The van der Waals surface area contributed by atoms with Crippen LogP contribution in [0.1, 0.15) is 32.6 Å². The highest BCUT2D eigenvalue weighted by molar-refractivity contribution is 5.75. The molecule has 0 aromatic heterocycles. The minimum Gasteiger partial charge on any atom is -0.481 e. The molecule has 1 atom stereocenters. The fraction of sp³-hybridized carbons (Fsp3) is 0.933. The van der Waals surface area contributed by atoms with Crippen LogP contribution in [-0.4, -0.2) is 63.9 Å². The molecular formula is C15H28O6. The number of ether oxygens (including phenoxy) is 4. The summed E-state index contributed by atoms with van der Waals surface area (Å²) < 4.78 is 21.4. The van der Waals surface area contributed by atoms with E-state index in [-0.39, 0.29) is 6.61 Å². The Bertz CT molecular complexity index is 275. The molecule has 6 heteroatoms. The number of hydrogen-bond donors (Lipinski definition) is 1. The molecule has 0 aliphatic carbocycles. The number of hydrogen-bond acceptors (Lipinski definition) is 5. The van der Waals surface area contributed by atoms with E-state index in [9.17, 15) is 9.90 Å². The molecule has 6 nitrogen and oxygen atoms in total. The van der Waals surface area contributed by atoms with Gasteiger partial charge in [-0.25, -0.2) is 0 Å². The standard InChI is InChI=1S/C15H28O6/c1-2-3-6-18-9-11-20-12-10-19-7-4-15(14(16)17)5-8-21-13-15/h2-13H2,1H3,(H,16,17). The van der Waals surface area contributed by atoms with Crippen molar-refractivity contribution in [2.75, 3.05) is 52.9 Å². The van der Waals surface area contributed by atoms with Gasteiger partial charge in [-0.3, -0.25) is 4.79 Å². The van der Waals surface area contributed by atoms with Crippen molar-refractivity contribution < 1.29 is 28.8 Å². The number of rotatable bonds is 13. The van der Waals surface area contributed by atoms with Crippen LogP contribution in [0.5, 0.6) is 0 Å². The maximum atomic E-state index is 11.3. The Balaban J connectivity index is 1.91. The predicted molar refractivity (Wildman–Crippen MR) is 77.5 cm³/mol. The number of carboxylic acid groups (broad SMARTS) is 1. The lowest BCUT2D eigenvalue weighted by Crippen LogP contribution is -2.33. The molecule has 1 fully saturated rings. The van der Waals surface area contributed by atoms with Crippen molar-refractivity contribution in [3.8, 4) is 0 Å². The molecule has 1 heterocycles. The van der Waals surface area contributed by atoms with E-state index in [1.54, 1.807) is 0 Å². The molecule has 1 rings (SSSR count). The fourth-order valence-electron chi connectivity index (χ4n) is 2.14. The number of carboxylic acids is 1. The molecule has 1 unspecified atom stereocenters. The Kier molecular flexibility index (Phi) is 9.58. The molecule has 1 N–H and O–H groups in total. The zero-order chi connectivity index (χ0) is 15.4. The topological polar surface area (TPSA) is 74.2 Å². The van der Waals surface area contributed by atoms with Gasteiger partial charge in [0.25, 0.3) is 0 Å². The SMILES string of the molecule is CCCCOCCOCCOCCC1(C(=O)O)CCOC1. The minimum atomic E-state index is -0.788. The summed E-state index contributed by atoms with van der Waals surface area (Å²) in [6.07, 6.45) is 3.27. The van der Waals surface area contributed by atoms with Crippen LogP contribution >= 0.6 is 0 Å². The zero-order valence-electron chi connectivity index (χ0n) is 13.0. The molecule has 0 aromatic carbocycles. The molecule has 21 heavy (non-hydrogen) atoms. The van der Waals surface area contributed by atoms with E-state index in [0.717, 1.165) is 19.4 Å². The third kappa shape index (κ3) is 7.22. The Morgan fingerprint density at radius 1 is 1.10 bits per heavy atom. The number of aliphatic carboxylic acids is 1. The second-order valence-corrected chi connectivity index (χ2v) is 5.33. The Morgan fingerprint density at radius 3 is 2.24 bits per heavy atom. The van der Waals surface area contributed by atoms with E-state index in [1.807, 2.05) is 0 Å². The molecule has 0 amide bonds. The largest absolute Gasteiger partial charge is 0.481 e. The maximum absolute atomic E-state index is 11.3. The lowest BCUT2D eigenvalue weighted by Gasteiger charge is -2.21. The number of carbonyl (C=O) groups is 1. The lowest BCUT2D eigenvalue weighted by atomic mass is 9.84. The highest BCUT2D eigenvalue weighted by Crippen LogP contribution is 2.32. The Labute approximate surface area is 126 Å². The van der Waals surface area contributed by atoms with Crippen molar-refractivity contribution in [1.82, 2.24) is 0 Å². The van der Waals surface area contributed by atoms with Crippen molar-refractivity contribution >= 4 is 5.97 Å². The van der Waals surface area contributed by atoms with Crippen molar-refractivity contribution in [3.63, 3.8) is 0 Å². The molecule has 1 saturated heterocycles. The first kappa shape index (κ1) is 18.4. The molecular weight excluding hydrogens is 276 g/mol. The van der Waals surface area contributed by atoms with Crippen LogP contribution in [0.4, 0.5) is 0 Å². The van der Waals surface area contributed by atoms with Gasteiger partial charge in [-0.2, -0.15) is 0 Å². The van der Waals surface area contributed by atoms with Crippen molar-refractivity contribution in [2.24, 2.45) is 5.41 Å². The Hall–Kier alpha value is -0.690. The van der Waals surface area contributed by atoms with Gasteiger partial charge < -0.3 is 24.1 Å². The van der Waals surface area contributed by atoms with Crippen molar-refractivity contribution in [1.29, 1.82) is 0 Å². The Morgan fingerprint density at radius 2 is 1.71 bits per heavy atom. The van der Waals surface area contributed by atoms with E-state index in [0.29, 0.717) is 52.5 Å². The molecule has 124 valence electrons. The van der Waals surface area contributed by atoms with E-state index < -0.39 is 11.4 Å². The van der Waals surface area contributed by atoms with Gasteiger partial charge in [0.15, 0.2) is 0 Å². The van der Waals surface area contributed by atoms with Crippen LogP contribution in [0.2, 0.25) is 0 Å². The van der Waals surface area contributed by atoms with Gasteiger partial charge in [-0.1, -0.05) is 13.3 Å². The first-order chi connectivity index (χ1) is 10.2. The van der Waals surface area contributed by atoms with Crippen LogP contribution < -0.4 is 0 Å². The van der Waals surface area contributed by atoms with Crippen molar-refractivity contribution in [2.45, 2.75) is 32.6 Å². The molecule has 1 aliphatic rings. The second-order valence-electron chi connectivity index (χ2n) is 5.33. The highest BCUT2D eigenvalue weighted by Gasteiger charge is 2.41. The summed E-state index contributed by atoms with van der Waals surface area (Å²) in [4.78, 5) is 11.3. The van der Waals surface area contributed by atoms with E-state index in [2.05, 4.69) is 6.92 Å². The fourth-order valence-corrected chi connectivity index (χ4v) is 2.14. The van der Waals surface area contributed by atoms with Crippen molar-refractivity contribution in [3.05, 3.63) is 0 Å². The van der Waals surface area contributed by atoms with Gasteiger partial charge in [0.1, 0.15) is 0 Å². The summed E-state index contributed by atoms with van der Waals surface area (Å²) in [6, 6.07) is 0. The van der Waals surface area contributed by atoms with Crippen LogP contribution in [0.3, 0.4) is 0 Å². The molecule has 1 aliphatic heterocycles. The minimum absolute atomic E-state index is 0.289. The molecule has 0 spiro atoms. The highest BCUT2D eigenvalue weighted by atomic mass is 16.5. The maximum Gasteiger partial charge on any atom is 0.312 e. The lowest BCUT2D eigenvalue weighted by molar-refractivity contribution is -0.150. The second kappa shape index (κ2) is 11.0. The molecule has 0 radical (unpaired) electrons. The first-order valence-corrected chi connectivity index (χ1v) is 7.75. The van der Waals surface area contributed by atoms with E-state index in [4.69, 9.17) is 18.9 Å². The van der Waals surface area contributed by atoms with Crippen LogP contribution in [0, 0.1) is 5.41 Å². The smallest absolute Gasteiger partial charge is 0.312 e. The van der Waals surface area contributed by atoms with Gasteiger partial charge in [0, 0.05) is 19.8 Å². The van der Waals surface area contributed by atoms with Gasteiger partial charge in [-0.05, 0) is 19.3 Å². The summed E-state index contributed by atoms with van der Waals surface area (Å²) in [5, 5.41) is 9.25. The third-order valence-electron chi connectivity index (χ3n) is 3.67. The van der Waals surface area contributed by atoms with Gasteiger partial charge in [0.2, 0.25) is 0 Å². The summed E-state index contributed by atoms with van der Waals surface area (Å²) >= 11 is 0. The summed E-state index contributed by atoms with van der Waals surface area (Å²) in [6.45, 7) is 6.31. The predicted octanol–water partition coefficient (Wildman–Crippen LogP) is 1.72. The summed E-state index contributed by atoms with van der Waals surface area (Å²) in [5.74, 6) is -0.788. The van der Waals surface area contributed by atoms with Gasteiger partial charge in [0.05, 0.1) is 38.4 Å². The van der Waals surface area contributed by atoms with Gasteiger partial charge in [-0.15, -0.1) is 0 Å². The van der Waals surface area contributed by atoms with E-state index >= 15 is 0 Å². The first-order valence-electron chi connectivity index (χ1n) is 7.75.